The van der Waals surface area contributed by atoms with Crippen LogP contribution in [-0.2, 0) is 11.5 Å². The molecular formula is C16H19NOS. The zero-order chi connectivity index (χ0) is 13.7. The second-order valence-corrected chi connectivity index (χ2v) is 5.54. The number of ether oxygens (including phenoxy) is 1. The molecule has 2 aromatic carbocycles. The molecule has 0 heterocycles. The number of methoxy groups -OCH3 is 1. The van der Waals surface area contributed by atoms with Gasteiger partial charge in [0, 0.05) is 28.8 Å². The molecule has 100 valence electrons. The van der Waals surface area contributed by atoms with E-state index in [0.29, 0.717) is 0 Å². The maximum Gasteiger partial charge on any atom is 0.124 e. The molecule has 0 amide bonds. The van der Waals surface area contributed by atoms with Crippen LogP contribution in [0.15, 0.2) is 42.5 Å². The fourth-order valence-corrected chi connectivity index (χ4v) is 2.94. The van der Waals surface area contributed by atoms with Gasteiger partial charge < -0.3 is 10.5 Å². The summed E-state index contributed by atoms with van der Waals surface area (Å²) in [5.74, 6) is 2.81. The summed E-state index contributed by atoms with van der Waals surface area (Å²) in [6.07, 6.45) is 0. The minimum absolute atomic E-state index is 0.740. The minimum atomic E-state index is 0.740. The lowest BCUT2D eigenvalue weighted by molar-refractivity contribution is 0.411. The molecule has 2 N–H and O–H groups in total. The molecule has 0 aliphatic rings. The maximum atomic E-state index is 5.75. The van der Waals surface area contributed by atoms with E-state index < -0.39 is 0 Å². The topological polar surface area (TPSA) is 35.2 Å². The molecule has 0 fully saturated rings. The summed E-state index contributed by atoms with van der Waals surface area (Å²) in [5, 5.41) is 0. The Labute approximate surface area is 119 Å². The van der Waals surface area contributed by atoms with Gasteiger partial charge in [0.25, 0.3) is 0 Å². The van der Waals surface area contributed by atoms with Crippen LogP contribution >= 0.6 is 11.8 Å². The van der Waals surface area contributed by atoms with Crippen LogP contribution in [-0.4, -0.2) is 7.11 Å². The van der Waals surface area contributed by atoms with Gasteiger partial charge in [0.05, 0.1) is 7.11 Å². The first-order valence-corrected chi connectivity index (χ1v) is 7.40. The average molecular weight is 273 g/mol. The Hall–Kier alpha value is -1.61. The first-order valence-electron chi connectivity index (χ1n) is 6.24. The van der Waals surface area contributed by atoms with Crippen LogP contribution in [0, 0.1) is 6.92 Å². The molecule has 0 aliphatic carbocycles. The van der Waals surface area contributed by atoms with Crippen LogP contribution < -0.4 is 10.5 Å². The Morgan fingerprint density at radius 3 is 2.68 bits per heavy atom. The van der Waals surface area contributed by atoms with E-state index in [-0.39, 0.29) is 0 Å². The van der Waals surface area contributed by atoms with E-state index in [1.807, 2.05) is 30.0 Å². The molecule has 19 heavy (non-hydrogen) atoms. The van der Waals surface area contributed by atoms with Gasteiger partial charge in [0.2, 0.25) is 0 Å². The Bertz CT molecular complexity index is 554. The molecule has 2 aromatic rings. The monoisotopic (exact) mass is 273 g/mol. The van der Waals surface area contributed by atoms with Crippen LogP contribution in [0.2, 0.25) is 0 Å². The van der Waals surface area contributed by atoms with Crippen molar-refractivity contribution in [1.29, 1.82) is 0 Å². The van der Waals surface area contributed by atoms with Crippen molar-refractivity contribution in [3.05, 3.63) is 59.2 Å². The largest absolute Gasteiger partial charge is 0.496 e. The van der Waals surface area contributed by atoms with Crippen LogP contribution in [0.3, 0.4) is 0 Å². The Morgan fingerprint density at radius 1 is 1.11 bits per heavy atom. The van der Waals surface area contributed by atoms with Gasteiger partial charge in [0.15, 0.2) is 0 Å². The van der Waals surface area contributed by atoms with Gasteiger partial charge in [-0.3, -0.25) is 0 Å². The lowest BCUT2D eigenvalue weighted by Crippen LogP contribution is -1.93. The van der Waals surface area contributed by atoms with Crippen LogP contribution in [0.4, 0.5) is 5.69 Å². The standard InChI is InChI=1S/C16H19NOS/c1-12-4-3-5-13(8-12)10-19-11-14-6-7-15(17)9-16(14)18-2/h3-9H,10-11,17H2,1-2H3. The summed E-state index contributed by atoms with van der Waals surface area (Å²) < 4.78 is 5.35. The molecule has 0 spiro atoms. The van der Waals surface area contributed by atoms with Gasteiger partial charge >= 0.3 is 0 Å². The number of rotatable bonds is 5. The quantitative estimate of drug-likeness (QED) is 0.836. The van der Waals surface area contributed by atoms with Crippen molar-refractivity contribution in [2.24, 2.45) is 0 Å². The predicted molar refractivity (Wildman–Crippen MR) is 83.6 cm³/mol. The third kappa shape index (κ3) is 3.93. The van der Waals surface area contributed by atoms with E-state index in [1.165, 1.54) is 16.7 Å². The second kappa shape index (κ2) is 6.53. The lowest BCUT2D eigenvalue weighted by Gasteiger charge is -2.09. The zero-order valence-corrected chi connectivity index (χ0v) is 12.2. The van der Waals surface area contributed by atoms with Crippen molar-refractivity contribution in [3.8, 4) is 5.75 Å². The summed E-state index contributed by atoms with van der Waals surface area (Å²) >= 11 is 1.88. The first-order chi connectivity index (χ1) is 9.19. The minimum Gasteiger partial charge on any atom is -0.496 e. The third-order valence-corrected chi connectivity index (χ3v) is 3.97. The summed E-state index contributed by atoms with van der Waals surface area (Å²) in [6.45, 7) is 2.12. The number of benzene rings is 2. The molecular weight excluding hydrogens is 254 g/mol. The molecule has 0 saturated carbocycles. The normalized spacial score (nSPS) is 10.4. The highest BCUT2D eigenvalue weighted by Crippen LogP contribution is 2.27. The molecule has 0 aromatic heterocycles. The van der Waals surface area contributed by atoms with Crippen molar-refractivity contribution in [1.82, 2.24) is 0 Å². The lowest BCUT2D eigenvalue weighted by atomic mass is 10.2. The highest BCUT2D eigenvalue weighted by molar-refractivity contribution is 7.97. The number of hydrogen-bond donors (Lipinski definition) is 1. The summed E-state index contributed by atoms with van der Waals surface area (Å²) in [5.41, 5.74) is 10.4. The van der Waals surface area contributed by atoms with E-state index in [2.05, 4.69) is 31.2 Å². The summed E-state index contributed by atoms with van der Waals surface area (Å²) in [7, 11) is 1.68. The van der Waals surface area contributed by atoms with Gasteiger partial charge in [-0.25, -0.2) is 0 Å². The Kier molecular flexibility index (Phi) is 4.74. The van der Waals surface area contributed by atoms with Crippen LogP contribution in [0.25, 0.3) is 0 Å². The van der Waals surface area contributed by atoms with Crippen molar-refractivity contribution < 1.29 is 4.74 Å². The molecule has 0 atom stereocenters. The van der Waals surface area contributed by atoms with Crippen molar-refractivity contribution >= 4 is 17.4 Å². The van der Waals surface area contributed by atoms with Crippen molar-refractivity contribution in [2.75, 3.05) is 12.8 Å². The Balaban J connectivity index is 1.96. The molecule has 3 heteroatoms. The van der Waals surface area contributed by atoms with Gasteiger partial charge in [-0.1, -0.05) is 35.9 Å². The fourth-order valence-electron chi connectivity index (χ4n) is 1.96. The highest BCUT2D eigenvalue weighted by Gasteiger charge is 2.04. The van der Waals surface area contributed by atoms with E-state index in [9.17, 15) is 0 Å². The van der Waals surface area contributed by atoms with Crippen LogP contribution in [0.1, 0.15) is 16.7 Å². The van der Waals surface area contributed by atoms with E-state index in [0.717, 1.165) is 22.9 Å². The number of anilines is 1. The third-order valence-electron chi connectivity index (χ3n) is 2.92. The van der Waals surface area contributed by atoms with Gasteiger partial charge in [-0.05, 0) is 18.6 Å². The van der Waals surface area contributed by atoms with E-state index in [4.69, 9.17) is 10.5 Å². The number of hydrogen-bond acceptors (Lipinski definition) is 3. The Morgan fingerprint density at radius 2 is 1.95 bits per heavy atom. The molecule has 2 nitrogen and oxygen atoms in total. The van der Waals surface area contributed by atoms with Gasteiger partial charge in [0.1, 0.15) is 5.75 Å². The number of thioether (sulfide) groups is 1. The summed E-state index contributed by atoms with van der Waals surface area (Å²) in [6, 6.07) is 14.5. The number of nitrogens with two attached hydrogens (primary N) is 1. The molecule has 0 radical (unpaired) electrons. The highest BCUT2D eigenvalue weighted by atomic mass is 32.2. The molecule has 0 unspecified atom stereocenters. The molecule has 0 saturated heterocycles. The number of aryl methyl sites for hydroxylation is 1. The summed E-state index contributed by atoms with van der Waals surface area (Å²) in [4.78, 5) is 0. The zero-order valence-electron chi connectivity index (χ0n) is 11.3. The van der Waals surface area contributed by atoms with Gasteiger partial charge in [-0.15, -0.1) is 0 Å². The number of nitrogen functional groups attached to an aromatic ring is 1. The molecule has 0 bridgehead atoms. The molecule has 0 aliphatic heterocycles. The van der Waals surface area contributed by atoms with Crippen molar-refractivity contribution in [3.63, 3.8) is 0 Å². The van der Waals surface area contributed by atoms with Crippen molar-refractivity contribution in [2.45, 2.75) is 18.4 Å². The average Bonchev–Trinajstić information content (AvgIpc) is 2.40. The predicted octanol–water partition coefficient (Wildman–Crippen LogP) is 4.02. The van der Waals surface area contributed by atoms with E-state index >= 15 is 0 Å². The SMILES string of the molecule is COc1cc(N)ccc1CSCc1cccc(C)c1. The maximum absolute atomic E-state index is 5.75. The fraction of sp³-hybridized carbons (Fsp3) is 0.250. The molecule has 2 rings (SSSR count). The van der Waals surface area contributed by atoms with E-state index in [1.54, 1.807) is 7.11 Å². The van der Waals surface area contributed by atoms with Gasteiger partial charge in [-0.2, -0.15) is 11.8 Å². The van der Waals surface area contributed by atoms with Crippen LogP contribution in [0.5, 0.6) is 5.75 Å². The second-order valence-electron chi connectivity index (χ2n) is 4.55. The smallest absolute Gasteiger partial charge is 0.124 e. The first kappa shape index (κ1) is 13.8.